The first kappa shape index (κ1) is 12.1. The molecule has 0 fully saturated rings. The van der Waals surface area contributed by atoms with Crippen molar-refractivity contribution in [1.82, 2.24) is 9.38 Å². The molecular weight excluding hydrogens is 240 g/mol. The van der Waals surface area contributed by atoms with Gasteiger partial charge in [0.1, 0.15) is 5.65 Å². The van der Waals surface area contributed by atoms with E-state index in [1.54, 1.807) is 18.2 Å². The van der Waals surface area contributed by atoms with Crippen molar-refractivity contribution in [3.8, 4) is 0 Å². The van der Waals surface area contributed by atoms with Gasteiger partial charge < -0.3 is 15.3 Å². The summed E-state index contributed by atoms with van der Waals surface area (Å²) in [4.78, 5) is 25.5. The molecule has 2 heterocycles. The summed E-state index contributed by atoms with van der Waals surface area (Å²) in [7, 11) is 0. The number of carboxylic acids is 2. The van der Waals surface area contributed by atoms with Crippen LogP contribution in [0.3, 0.4) is 0 Å². The summed E-state index contributed by atoms with van der Waals surface area (Å²) in [5.74, 6) is -2.52. The van der Waals surface area contributed by atoms with Crippen LogP contribution in [0.1, 0.15) is 16.2 Å². The molecule has 7 heteroatoms. The highest BCUT2D eigenvalue weighted by Gasteiger charge is 2.18. The zero-order valence-corrected chi connectivity index (χ0v) is 9.15. The van der Waals surface area contributed by atoms with Gasteiger partial charge in [-0.3, -0.25) is 4.40 Å². The van der Waals surface area contributed by atoms with Crippen LogP contribution in [0.2, 0.25) is 0 Å². The lowest BCUT2D eigenvalue weighted by atomic mass is 10.2. The van der Waals surface area contributed by atoms with E-state index < -0.39 is 18.0 Å². The third-order valence-electron chi connectivity index (χ3n) is 2.52. The number of aromatic nitrogens is 2. The molecule has 0 aromatic carbocycles. The fourth-order valence-corrected chi connectivity index (χ4v) is 1.70. The SMILES string of the molecule is O=C(O)c1cnc2cccc(CC(O)C(=O)O)n12. The van der Waals surface area contributed by atoms with Crippen LogP contribution in [0.15, 0.2) is 24.4 Å². The van der Waals surface area contributed by atoms with Crippen LogP contribution >= 0.6 is 0 Å². The van der Waals surface area contributed by atoms with Crippen molar-refractivity contribution in [2.45, 2.75) is 12.5 Å². The predicted molar refractivity (Wildman–Crippen MR) is 59.5 cm³/mol. The smallest absolute Gasteiger partial charge is 0.354 e. The summed E-state index contributed by atoms with van der Waals surface area (Å²) >= 11 is 0. The normalized spacial score (nSPS) is 12.5. The highest BCUT2D eigenvalue weighted by molar-refractivity contribution is 5.86. The van der Waals surface area contributed by atoms with Crippen LogP contribution in [0.4, 0.5) is 0 Å². The lowest BCUT2D eigenvalue weighted by Crippen LogP contribution is -2.23. The lowest BCUT2D eigenvalue weighted by molar-refractivity contribution is -0.146. The number of hydrogen-bond acceptors (Lipinski definition) is 4. The molecule has 7 nitrogen and oxygen atoms in total. The van der Waals surface area contributed by atoms with E-state index in [-0.39, 0.29) is 12.1 Å². The molecular formula is C11H10N2O5. The van der Waals surface area contributed by atoms with Gasteiger partial charge in [-0.15, -0.1) is 0 Å². The van der Waals surface area contributed by atoms with Crippen LogP contribution in [0.5, 0.6) is 0 Å². The van der Waals surface area contributed by atoms with Gasteiger partial charge in [-0.25, -0.2) is 14.6 Å². The predicted octanol–water partition coefficient (Wildman–Crippen LogP) is 0.0205. The van der Waals surface area contributed by atoms with Crippen LogP contribution in [-0.4, -0.2) is 42.7 Å². The Bertz CT molecular complexity index is 619. The largest absolute Gasteiger partial charge is 0.479 e. The van der Waals surface area contributed by atoms with E-state index in [2.05, 4.69) is 4.98 Å². The van der Waals surface area contributed by atoms with E-state index in [4.69, 9.17) is 10.2 Å². The number of imidazole rings is 1. The number of hydrogen-bond donors (Lipinski definition) is 3. The molecule has 0 aliphatic heterocycles. The highest BCUT2D eigenvalue weighted by Crippen LogP contribution is 2.13. The van der Waals surface area contributed by atoms with Gasteiger partial charge in [0.25, 0.3) is 0 Å². The number of nitrogens with zero attached hydrogens (tertiary/aromatic N) is 2. The number of aromatic carboxylic acids is 1. The first-order chi connectivity index (χ1) is 8.50. The molecule has 94 valence electrons. The Morgan fingerprint density at radius 3 is 2.67 bits per heavy atom. The Morgan fingerprint density at radius 2 is 2.06 bits per heavy atom. The Kier molecular flexibility index (Phi) is 2.99. The number of pyridine rings is 1. The quantitative estimate of drug-likeness (QED) is 0.705. The van der Waals surface area contributed by atoms with Crippen LogP contribution < -0.4 is 0 Å². The number of aliphatic hydroxyl groups is 1. The molecule has 3 N–H and O–H groups in total. The van der Waals surface area contributed by atoms with Crippen LogP contribution in [0, 0.1) is 0 Å². The first-order valence-electron chi connectivity index (χ1n) is 5.10. The average Bonchev–Trinajstić information content (AvgIpc) is 2.73. The molecule has 1 atom stereocenters. The second-order valence-corrected chi connectivity index (χ2v) is 3.72. The topological polar surface area (TPSA) is 112 Å². The Labute approximate surface area is 101 Å². The van der Waals surface area contributed by atoms with Crippen molar-refractivity contribution in [3.05, 3.63) is 35.8 Å². The molecule has 2 aromatic rings. The summed E-state index contributed by atoms with van der Waals surface area (Å²) in [6.07, 6.45) is -0.586. The third-order valence-corrected chi connectivity index (χ3v) is 2.52. The molecule has 18 heavy (non-hydrogen) atoms. The second kappa shape index (κ2) is 4.46. The maximum absolute atomic E-state index is 11.0. The van der Waals surface area contributed by atoms with Crippen molar-refractivity contribution in [3.63, 3.8) is 0 Å². The van der Waals surface area contributed by atoms with Crippen LogP contribution in [-0.2, 0) is 11.2 Å². The van der Waals surface area contributed by atoms with Gasteiger partial charge in [-0.1, -0.05) is 6.07 Å². The van der Waals surface area contributed by atoms with Crippen molar-refractivity contribution >= 4 is 17.6 Å². The van der Waals surface area contributed by atoms with Gasteiger partial charge in [0, 0.05) is 12.1 Å². The van der Waals surface area contributed by atoms with E-state index in [1.807, 2.05) is 0 Å². The molecule has 0 saturated carbocycles. The second-order valence-electron chi connectivity index (χ2n) is 3.72. The average molecular weight is 250 g/mol. The minimum Gasteiger partial charge on any atom is -0.479 e. The standard InChI is InChI=1S/C11H10N2O5/c14-8(11(17)18)4-6-2-1-3-9-12-5-7(10(15)16)13(6)9/h1-3,5,8,14H,4H2,(H,15,16)(H,17,18). The summed E-state index contributed by atoms with van der Waals surface area (Å²) < 4.78 is 1.31. The minimum absolute atomic E-state index is 0.0711. The Morgan fingerprint density at radius 1 is 1.33 bits per heavy atom. The molecule has 0 spiro atoms. The maximum atomic E-state index is 11.0. The van der Waals surface area contributed by atoms with E-state index in [1.165, 1.54) is 10.6 Å². The summed E-state index contributed by atoms with van der Waals surface area (Å²) in [5, 5.41) is 27.0. The van der Waals surface area contributed by atoms with Gasteiger partial charge in [0.2, 0.25) is 0 Å². The number of fused-ring (bicyclic) bond motifs is 1. The fraction of sp³-hybridized carbons (Fsp3) is 0.182. The monoisotopic (exact) mass is 250 g/mol. The van der Waals surface area contributed by atoms with E-state index >= 15 is 0 Å². The fourth-order valence-electron chi connectivity index (χ4n) is 1.70. The molecule has 2 aromatic heterocycles. The molecule has 0 aliphatic rings. The Balaban J connectivity index is 2.53. The number of aliphatic carboxylic acids is 1. The van der Waals surface area contributed by atoms with E-state index in [0.29, 0.717) is 11.3 Å². The van der Waals surface area contributed by atoms with Gasteiger partial charge in [-0.2, -0.15) is 0 Å². The maximum Gasteiger partial charge on any atom is 0.354 e. The summed E-state index contributed by atoms with van der Waals surface area (Å²) in [6.45, 7) is 0. The number of carbonyl (C=O) groups is 2. The molecule has 0 amide bonds. The van der Waals surface area contributed by atoms with E-state index in [0.717, 1.165) is 0 Å². The van der Waals surface area contributed by atoms with Crippen LogP contribution in [0.25, 0.3) is 5.65 Å². The van der Waals surface area contributed by atoms with Crippen molar-refractivity contribution in [2.24, 2.45) is 0 Å². The van der Waals surface area contributed by atoms with Gasteiger partial charge in [-0.05, 0) is 12.1 Å². The number of aliphatic hydroxyl groups excluding tert-OH is 1. The summed E-state index contributed by atoms with van der Waals surface area (Å²) in [5.41, 5.74) is 0.693. The van der Waals surface area contributed by atoms with Gasteiger partial charge in [0.15, 0.2) is 11.8 Å². The minimum atomic E-state index is -1.58. The molecule has 0 radical (unpaired) electrons. The number of rotatable bonds is 4. The third kappa shape index (κ3) is 2.03. The molecule has 2 rings (SSSR count). The Hall–Kier alpha value is -2.41. The zero-order valence-electron chi connectivity index (χ0n) is 9.15. The van der Waals surface area contributed by atoms with Gasteiger partial charge in [0.05, 0.1) is 6.20 Å². The van der Waals surface area contributed by atoms with Crippen molar-refractivity contribution < 1.29 is 24.9 Å². The highest BCUT2D eigenvalue weighted by atomic mass is 16.4. The zero-order chi connectivity index (χ0) is 13.3. The molecule has 0 bridgehead atoms. The number of carboxylic acid groups (broad SMARTS) is 2. The van der Waals surface area contributed by atoms with Gasteiger partial charge >= 0.3 is 11.9 Å². The molecule has 0 aliphatic carbocycles. The first-order valence-corrected chi connectivity index (χ1v) is 5.10. The van der Waals surface area contributed by atoms with Crippen molar-refractivity contribution in [1.29, 1.82) is 0 Å². The lowest BCUT2D eigenvalue weighted by Gasteiger charge is -2.09. The van der Waals surface area contributed by atoms with E-state index in [9.17, 15) is 14.7 Å². The van der Waals surface area contributed by atoms with Crippen molar-refractivity contribution in [2.75, 3.05) is 0 Å². The summed E-state index contributed by atoms with van der Waals surface area (Å²) in [6, 6.07) is 4.77. The molecule has 1 unspecified atom stereocenters. The molecule has 0 saturated heterocycles.